The molecule has 0 aliphatic carbocycles. The van der Waals surface area contributed by atoms with Gasteiger partial charge in [-0.2, -0.15) is 0 Å². The molecule has 0 spiro atoms. The quantitative estimate of drug-likeness (QED) is 0.873. The van der Waals surface area contributed by atoms with Crippen molar-refractivity contribution in [1.29, 1.82) is 0 Å². The average molecular weight is 282 g/mol. The molecule has 0 bridgehead atoms. The van der Waals surface area contributed by atoms with Crippen molar-refractivity contribution in [1.82, 2.24) is 5.16 Å². The minimum absolute atomic E-state index is 0.0733. The number of halogens is 2. The number of methoxy groups -OCH3 is 1. The van der Waals surface area contributed by atoms with Crippen LogP contribution in [0.15, 0.2) is 22.7 Å². The lowest BCUT2D eigenvalue weighted by atomic mass is 10.1. The summed E-state index contributed by atoms with van der Waals surface area (Å²) < 4.78 is 36.7. The molecule has 0 fully saturated rings. The minimum Gasteiger partial charge on any atom is -0.465 e. The maximum absolute atomic E-state index is 13.8. The summed E-state index contributed by atoms with van der Waals surface area (Å²) in [7, 11) is 1.10. The number of hydrogen-bond acceptors (Lipinski definition) is 5. The molecule has 0 atom stereocenters. The second-order valence-corrected chi connectivity index (χ2v) is 4.06. The fourth-order valence-electron chi connectivity index (χ4n) is 1.64. The summed E-state index contributed by atoms with van der Waals surface area (Å²) in [6.07, 6.45) is 0. The number of ether oxygens (including phenoxy) is 1. The molecule has 2 aromatic rings. The van der Waals surface area contributed by atoms with Crippen molar-refractivity contribution in [2.45, 2.75) is 13.5 Å². The molecular formula is C13H12F2N2O3. The highest BCUT2D eigenvalue weighted by molar-refractivity contribution is 5.90. The maximum Gasteiger partial charge on any atom is 0.340 e. The van der Waals surface area contributed by atoms with Gasteiger partial charge in [0.1, 0.15) is 11.5 Å². The van der Waals surface area contributed by atoms with E-state index in [9.17, 15) is 13.6 Å². The van der Waals surface area contributed by atoms with Crippen molar-refractivity contribution in [2.75, 3.05) is 12.4 Å². The van der Waals surface area contributed by atoms with Gasteiger partial charge in [0.25, 0.3) is 0 Å². The standard InChI is InChI=1S/C13H12F2N2O3/c1-7-5-8(17-20-7)6-16-10-4-3-9(13(18)19-2)11(14)12(10)15/h3-5,16H,6H2,1-2H3. The smallest absolute Gasteiger partial charge is 0.340 e. The number of esters is 1. The molecule has 7 heteroatoms. The van der Waals surface area contributed by atoms with Crippen LogP contribution in [0.1, 0.15) is 21.8 Å². The Morgan fingerprint density at radius 2 is 2.15 bits per heavy atom. The van der Waals surface area contributed by atoms with Gasteiger partial charge in [-0.1, -0.05) is 5.16 Å². The van der Waals surface area contributed by atoms with E-state index in [0.717, 1.165) is 13.2 Å². The normalized spacial score (nSPS) is 10.4. The van der Waals surface area contributed by atoms with Crippen molar-refractivity contribution in [2.24, 2.45) is 0 Å². The van der Waals surface area contributed by atoms with Crippen molar-refractivity contribution in [3.05, 3.63) is 46.9 Å². The zero-order chi connectivity index (χ0) is 14.7. The average Bonchev–Trinajstić information content (AvgIpc) is 2.85. The number of nitrogens with one attached hydrogen (secondary N) is 1. The van der Waals surface area contributed by atoms with Crippen molar-refractivity contribution < 1.29 is 22.8 Å². The number of hydrogen-bond donors (Lipinski definition) is 1. The van der Waals surface area contributed by atoms with E-state index in [1.807, 2.05) is 0 Å². The molecule has 1 N–H and O–H groups in total. The molecule has 0 unspecified atom stereocenters. The summed E-state index contributed by atoms with van der Waals surface area (Å²) in [5, 5.41) is 6.39. The highest BCUT2D eigenvalue weighted by Crippen LogP contribution is 2.21. The Kier molecular flexibility index (Phi) is 3.97. The Balaban J connectivity index is 2.17. The molecule has 1 aromatic carbocycles. The molecule has 20 heavy (non-hydrogen) atoms. The summed E-state index contributed by atoms with van der Waals surface area (Å²) >= 11 is 0. The van der Waals surface area contributed by atoms with E-state index in [2.05, 4.69) is 15.2 Å². The molecule has 2 rings (SSSR count). The van der Waals surface area contributed by atoms with Crippen LogP contribution in [0.2, 0.25) is 0 Å². The Morgan fingerprint density at radius 1 is 1.40 bits per heavy atom. The summed E-state index contributed by atoms with van der Waals surface area (Å²) in [6, 6.07) is 4.09. The first-order valence-electron chi connectivity index (χ1n) is 5.75. The first-order chi connectivity index (χ1) is 9.52. The van der Waals surface area contributed by atoms with Gasteiger partial charge in [0, 0.05) is 6.07 Å². The lowest BCUT2D eigenvalue weighted by Crippen LogP contribution is -2.09. The largest absolute Gasteiger partial charge is 0.465 e. The van der Waals surface area contributed by atoms with Crippen LogP contribution in [0.4, 0.5) is 14.5 Å². The van der Waals surface area contributed by atoms with Crippen LogP contribution in [-0.2, 0) is 11.3 Å². The van der Waals surface area contributed by atoms with Crippen LogP contribution in [0.3, 0.4) is 0 Å². The van der Waals surface area contributed by atoms with Gasteiger partial charge in [-0.3, -0.25) is 0 Å². The fourth-order valence-corrected chi connectivity index (χ4v) is 1.64. The van der Waals surface area contributed by atoms with Crippen molar-refractivity contribution >= 4 is 11.7 Å². The van der Waals surface area contributed by atoms with E-state index < -0.39 is 23.2 Å². The Bertz CT molecular complexity index is 641. The Morgan fingerprint density at radius 3 is 2.75 bits per heavy atom. The molecule has 0 aliphatic heterocycles. The van der Waals surface area contributed by atoms with Gasteiger partial charge >= 0.3 is 5.97 Å². The second kappa shape index (κ2) is 5.68. The molecular weight excluding hydrogens is 270 g/mol. The van der Waals surface area contributed by atoms with Crippen LogP contribution in [0, 0.1) is 18.6 Å². The van der Waals surface area contributed by atoms with E-state index in [4.69, 9.17) is 4.52 Å². The first-order valence-corrected chi connectivity index (χ1v) is 5.75. The summed E-state index contributed by atoms with van der Waals surface area (Å²) in [5.74, 6) is -2.71. The number of nitrogens with zero attached hydrogens (tertiary/aromatic N) is 1. The van der Waals surface area contributed by atoms with E-state index in [-0.39, 0.29) is 12.2 Å². The number of aryl methyl sites for hydroxylation is 1. The number of rotatable bonds is 4. The molecule has 0 amide bonds. The first kappa shape index (κ1) is 14.0. The highest BCUT2D eigenvalue weighted by Gasteiger charge is 2.19. The van der Waals surface area contributed by atoms with Crippen molar-refractivity contribution in [3.63, 3.8) is 0 Å². The number of benzene rings is 1. The summed E-state index contributed by atoms with van der Waals surface area (Å²) in [6.45, 7) is 1.90. The van der Waals surface area contributed by atoms with Crippen molar-refractivity contribution in [3.8, 4) is 0 Å². The van der Waals surface area contributed by atoms with Gasteiger partial charge in [0.15, 0.2) is 11.6 Å². The van der Waals surface area contributed by atoms with Gasteiger partial charge in [0.2, 0.25) is 0 Å². The number of anilines is 1. The van der Waals surface area contributed by atoms with Crippen LogP contribution in [0.5, 0.6) is 0 Å². The molecule has 1 aromatic heterocycles. The zero-order valence-corrected chi connectivity index (χ0v) is 10.9. The highest BCUT2D eigenvalue weighted by atomic mass is 19.2. The molecule has 106 valence electrons. The zero-order valence-electron chi connectivity index (χ0n) is 10.9. The summed E-state index contributed by atoms with van der Waals surface area (Å²) in [4.78, 5) is 11.2. The number of carbonyl (C=O) groups is 1. The molecule has 0 radical (unpaired) electrons. The van der Waals surface area contributed by atoms with Crippen LogP contribution >= 0.6 is 0 Å². The SMILES string of the molecule is COC(=O)c1ccc(NCc2cc(C)on2)c(F)c1F. The van der Waals surface area contributed by atoms with Gasteiger partial charge in [-0.05, 0) is 19.1 Å². The number of aromatic nitrogens is 1. The molecule has 0 aliphatic rings. The predicted octanol–water partition coefficient (Wildman–Crippen LogP) is 2.66. The third kappa shape index (κ3) is 2.76. The minimum atomic E-state index is -1.25. The fraction of sp³-hybridized carbons (Fsp3) is 0.231. The second-order valence-electron chi connectivity index (χ2n) is 4.06. The van der Waals surface area contributed by atoms with E-state index in [1.54, 1.807) is 13.0 Å². The van der Waals surface area contributed by atoms with Gasteiger partial charge in [0.05, 0.1) is 24.9 Å². The summed E-state index contributed by atoms with van der Waals surface area (Å²) in [5.41, 5.74) is 0.0305. The Labute approximate surface area is 113 Å². The third-order valence-corrected chi connectivity index (χ3v) is 2.62. The van der Waals surface area contributed by atoms with Crippen LogP contribution in [-0.4, -0.2) is 18.2 Å². The maximum atomic E-state index is 13.8. The van der Waals surface area contributed by atoms with Crippen LogP contribution in [0.25, 0.3) is 0 Å². The van der Waals surface area contributed by atoms with Gasteiger partial charge < -0.3 is 14.6 Å². The predicted molar refractivity (Wildman–Crippen MR) is 66.3 cm³/mol. The van der Waals surface area contributed by atoms with Gasteiger partial charge in [-0.15, -0.1) is 0 Å². The lowest BCUT2D eigenvalue weighted by molar-refractivity contribution is 0.0594. The molecule has 0 saturated heterocycles. The topological polar surface area (TPSA) is 64.4 Å². The molecule has 1 heterocycles. The van der Waals surface area contributed by atoms with E-state index in [0.29, 0.717) is 11.5 Å². The third-order valence-electron chi connectivity index (χ3n) is 2.62. The van der Waals surface area contributed by atoms with Crippen LogP contribution < -0.4 is 5.32 Å². The molecule has 5 nitrogen and oxygen atoms in total. The molecule has 0 saturated carbocycles. The monoisotopic (exact) mass is 282 g/mol. The van der Waals surface area contributed by atoms with E-state index >= 15 is 0 Å². The van der Waals surface area contributed by atoms with Gasteiger partial charge in [-0.25, -0.2) is 13.6 Å². The number of carbonyl (C=O) groups excluding carboxylic acids is 1. The Hall–Kier alpha value is -2.44. The lowest BCUT2D eigenvalue weighted by Gasteiger charge is -2.08. The van der Waals surface area contributed by atoms with E-state index in [1.165, 1.54) is 6.07 Å².